The zero-order chi connectivity index (χ0) is 20.9. The van der Waals surface area contributed by atoms with Gasteiger partial charge in [-0.15, -0.1) is 0 Å². The summed E-state index contributed by atoms with van der Waals surface area (Å²) in [7, 11) is -2.36. The second kappa shape index (κ2) is 7.02. The molecule has 0 heterocycles. The minimum absolute atomic E-state index is 0.0177. The van der Waals surface area contributed by atoms with E-state index in [1.807, 2.05) is 0 Å². The quantitative estimate of drug-likeness (QED) is 0.756. The largest absolute Gasteiger partial charge is 0.495 e. The lowest BCUT2D eigenvalue weighted by atomic mass is 9.69. The number of rotatable bonds is 6. The standard InChI is InChI=1S/C21H32N2O4S/c1-13(2)23-28(25,26)17-11-14(7-8-16(17)27-6)19(24)22-18-12-15-9-10-21(18,5)20(15,3)4/h7-8,11,13,15,18,23H,9-10,12H2,1-6H3,(H,22,24). The van der Waals surface area contributed by atoms with Gasteiger partial charge < -0.3 is 10.1 Å². The van der Waals surface area contributed by atoms with Gasteiger partial charge in [-0.1, -0.05) is 20.8 Å². The van der Waals surface area contributed by atoms with E-state index in [4.69, 9.17) is 4.74 Å². The van der Waals surface area contributed by atoms with E-state index >= 15 is 0 Å². The summed E-state index contributed by atoms with van der Waals surface area (Å²) in [4.78, 5) is 12.9. The van der Waals surface area contributed by atoms with Gasteiger partial charge in [-0.3, -0.25) is 4.79 Å². The smallest absolute Gasteiger partial charge is 0.251 e. The Morgan fingerprint density at radius 3 is 2.43 bits per heavy atom. The molecule has 2 aliphatic rings. The van der Waals surface area contributed by atoms with Gasteiger partial charge in [-0.25, -0.2) is 13.1 Å². The molecule has 6 nitrogen and oxygen atoms in total. The molecule has 2 fully saturated rings. The van der Waals surface area contributed by atoms with E-state index in [1.165, 1.54) is 25.7 Å². The number of carbonyl (C=O) groups is 1. The molecule has 0 radical (unpaired) electrons. The third-order valence-electron chi connectivity index (χ3n) is 7.21. The van der Waals surface area contributed by atoms with E-state index in [1.54, 1.807) is 19.9 Å². The Bertz CT molecular complexity index is 878. The number of benzene rings is 1. The number of sulfonamides is 1. The van der Waals surface area contributed by atoms with Gasteiger partial charge in [0.25, 0.3) is 5.91 Å². The molecule has 2 saturated carbocycles. The lowest BCUT2D eigenvalue weighted by Gasteiger charge is -2.39. The summed E-state index contributed by atoms with van der Waals surface area (Å²) in [6.07, 6.45) is 3.29. The van der Waals surface area contributed by atoms with E-state index in [0.717, 1.165) is 12.8 Å². The summed E-state index contributed by atoms with van der Waals surface area (Å²) >= 11 is 0. The minimum atomic E-state index is -3.78. The van der Waals surface area contributed by atoms with Crippen molar-refractivity contribution in [3.8, 4) is 5.75 Å². The molecule has 0 saturated heterocycles. The fraction of sp³-hybridized carbons (Fsp3) is 0.667. The predicted molar refractivity (Wildman–Crippen MR) is 109 cm³/mol. The summed E-state index contributed by atoms with van der Waals surface area (Å²) in [6, 6.07) is 4.40. The highest BCUT2D eigenvalue weighted by molar-refractivity contribution is 7.89. The van der Waals surface area contributed by atoms with Crippen LogP contribution < -0.4 is 14.8 Å². The van der Waals surface area contributed by atoms with E-state index in [9.17, 15) is 13.2 Å². The fourth-order valence-electron chi connectivity index (χ4n) is 5.07. The first kappa shape index (κ1) is 21.1. The highest BCUT2D eigenvalue weighted by atomic mass is 32.2. The summed E-state index contributed by atoms with van der Waals surface area (Å²) in [5, 5.41) is 3.18. The zero-order valence-electron chi connectivity index (χ0n) is 17.6. The highest BCUT2D eigenvalue weighted by Gasteiger charge is 2.61. The van der Waals surface area contributed by atoms with Crippen molar-refractivity contribution < 1.29 is 17.9 Å². The molecule has 0 aromatic heterocycles. The number of hydrogen-bond acceptors (Lipinski definition) is 4. The third-order valence-corrected chi connectivity index (χ3v) is 8.89. The van der Waals surface area contributed by atoms with Gasteiger partial charge in [0, 0.05) is 17.6 Å². The van der Waals surface area contributed by atoms with Crippen LogP contribution in [0.25, 0.3) is 0 Å². The second-order valence-corrected chi connectivity index (χ2v) is 11.0. The molecule has 1 aromatic rings. The van der Waals surface area contributed by atoms with E-state index < -0.39 is 10.0 Å². The number of carbonyl (C=O) groups excluding carboxylic acids is 1. The van der Waals surface area contributed by atoms with Crippen molar-refractivity contribution in [3.05, 3.63) is 23.8 Å². The third kappa shape index (κ3) is 3.32. The fourth-order valence-corrected chi connectivity index (χ4v) is 6.51. The van der Waals surface area contributed by atoms with Crippen LogP contribution in [0.5, 0.6) is 5.75 Å². The average Bonchev–Trinajstić information content (AvgIpc) is 2.93. The number of hydrogen-bond donors (Lipinski definition) is 2. The lowest BCUT2D eigenvalue weighted by molar-refractivity contribution is 0.0826. The molecular weight excluding hydrogens is 376 g/mol. The van der Waals surface area contributed by atoms with Crippen molar-refractivity contribution in [1.82, 2.24) is 10.0 Å². The molecule has 2 N–H and O–H groups in total. The van der Waals surface area contributed by atoms with Crippen LogP contribution in [-0.2, 0) is 10.0 Å². The number of amides is 1. The van der Waals surface area contributed by atoms with Crippen LogP contribution in [0.2, 0.25) is 0 Å². The van der Waals surface area contributed by atoms with Gasteiger partial charge in [-0.2, -0.15) is 0 Å². The summed E-state index contributed by atoms with van der Waals surface area (Å²) in [5.41, 5.74) is 0.586. The second-order valence-electron chi connectivity index (χ2n) is 9.28. The Labute approximate surface area is 168 Å². The van der Waals surface area contributed by atoms with Crippen molar-refractivity contribution in [2.45, 2.75) is 70.9 Å². The van der Waals surface area contributed by atoms with Crippen LogP contribution in [0, 0.1) is 16.7 Å². The van der Waals surface area contributed by atoms with Crippen LogP contribution in [0.3, 0.4) is 0 Å². The van der Waals surface area contributed by atoms with E-state index in [-0.39, 0.29) is 39.5 Å². The SMILES string of the molecule is COc1ccc(C(=O)NC2CC3CCC2(C)C3(C)C)cc1S(=O)(=O)NC(C)C. The lowest BCUT2D eigenvalue weighted by Crippen LogP contribution is -2.46. The van der Waals surface area contributed by atoms with Gasteiger partial charge in [0.05, 0.1) is 7.11 Å². The van der Waals surface area contributed by atoms with Gasteiger partial charge in [-0.05, 0) is 68.1 Å². The maximum absolute atomic E-state index is 13.0. The van der Waals surface area contributed by atoms with E-state index in [0.29, 0.717) is 11.5 Å². The maximum Gasteiger partial charge on any atom is 0.251 e. The van der Waals surface area contributed by atoms with Gasteiger partial charge in [0.2, 0.25) is 10.0 Å². The van der Waals surface area contributed by atoms with Crippen molar-refractivity contribution in [2.75, 3.05) is 7.11 Å². The van der Waals surface area contributed by atoms with Gasteiger partial charge >= 0.3 is 0 Å². The van der Waals surface area contributed by atoms with Gasteiger partial charge in [0.15, 0.2) is 0 Å². The Morgan fingerprint density at radius 2 is 1.93 bits per heavy atom. The topological polar surface area (TPSA) is 84.5 Å². The monoisotopic (exact) mass is 408 g/mol. The number of methoxy groups -OCH3 is 1. The molecule has 3 unspecified atom stereocenters. The van der Waals surface area contributed by atoms with Crippen LogP contribution in [-0.4, -0.2) is 33.5 Å². The van der Waals surface area contributed by atoms with Crippen LogP contribution in [0.15, 0.2) is 23.1 Å². The molecule has 1 aromatic carbocycles. The summed E-state index contributed by atoms with van der Waals surface area (Å²) in [5.74, 6) is 0.598. The number of fused-ring (bicyclic) bond motifs is 2. The first-order chi connectivity index (χ1) is 12.9. The first-order valence-corrected chi connectivity index (χ1v) is 11.4. The molecule has 28 heavy (non-hydrogen) atoms. The highest BCUT2D eigenvalue weighted by Crippen LogP contribution is 2.65. The zero-order valence-corrected chi connectivity index (χ0v) is 18.4. The minimum Gasteiger partial charge on any atom is -0.495 e. The molecule has 2 bridgehead atoms. The Morgan fingerprint density at radius 1 is 1.25 bits per heavy atom. The Balaban J connectivity index is 1.87. The molecular formula is C21H32N2O4S. The molecule has 7 heteroatoms. The molecule has 2 aliphatic carbocycles. The van der Waals surface area contributed by atoms with Crippen molar-refractivity contribution in [3.63, 3.8) is 0 Å². The first-order valence-electron chi connectivity index (χ1n) is 9.93. The van der Waals surface area contributed by atoms with E-state index in [2.05, 4.69) is 30.8 Å². The number of nitrogens with one attached hydrogen (secondary N) is 2. The average molecular weight is 409 g/mol. The van der Waals surface area contributed by atoms with Crippen molar-refractivity contribution >= 4 is 15.9 Å². The molecule has 0 spiro atoms. The summed E-state index contributed by atoms with van der Waals surface area (Å²) < 4.78 is 33.1. The molecule has 0 aliphatic heterocycles. The van der Waals surface area contributed by atoms with Crippen LogP contribution >= 0.6 is 0 Å². The van der Waals surface area contributed by atoms with Crippen molar-refractivity contribution in [2.24, 2.45) is 16.7 Å². The molecule has 1 amide bonds. The van der Waals surface area contributed by atoms with Crippen molar-refractivity contribution in [1.29, 1.82) is 0 Å². The number of ether oxygens (including phenoxy) is 1. The maximum atomic E-state index is 13.0. The molecule has 156 valence electrons. The molecule has 3 atom stereocenters. The normalized spacial score (nSPS) is 28.5. The summed E-state index contributed by atoms with van der Waals surface area (Å²) in [6.45, 7) is 10.4. The Kier molecular flexibility index (Phi) is 5.30. The Hall–Kier alpha value is -1.60. The molecule has 3 rings (SSSR count). The van der Waals surface area contributed by atoms with Crippen LogP contribution in [0.4, 0.5) is 0 Å². The van der Waals surface area contributed by atoms with Gasteiger partial charge in [0.1, 0.15) is 10.6 Å². The van der Waals surface area contributed by atoms with Crippen LogP contribution in [0.1, 0.15) is 64.2 Å². The predicted octanol–water partition coefficient (Wildman–Crippen LogP) is 3.33.